The average Bonchev–Trinajstić information content (AvgIpc) is 1.65. The summed E-state index contributed by atoms with van der Waals surface area (Å²) < 4.78 is 4.00. The Morgan fingerprint density at radius 1 is 1.50 bits per heavy atom. The van der Waals surface area contributed by atoms with E-state index in [-0.39, 0.29) is 0 Å². The Kier molecular flexibility index (Phi) is 2.61. The summed E-state index contributed by atoms with van der Waals surface area (Å²) in [6.45, 7) is 0. The summed E-state index contributed by atoms with van der Waals surface area (Å²) in [6.07, 6.45) is -0.670. The van der Waals surface area contributed by atoms with Gasteiger partial charge in [-0.25, -0.2) is 9.90 Å². The van der Waals surface area contributed by atoms with Gasteiger partial charge in [0, 0.05) is 0 Å². The second kappa shape index (κ2) is 3.01. The molecule has 0 aromatic heterocycles. The molecule has 8 heavy (non-hydrogen) atoms. The zero-order valence-electron chi connectivity index (χ0n) is 4.34. The predicted octanol–water partition coefficient (Wildman–Crippen LogP) is -0.493. The first-order valence-corrected chi connectivity index (χ1v) is 1.93. The molecule has 0 aliphatic rings. The zero-order valence-corrected chi connectivity index (χ0v) is 4.34. The minimum Gasteiger partial charge on any atom is -0.469 e. The lowest BCUT2D eigenvalue weighted by molar-refractivity contribution is -0.152. The molecule has 0 aromatic carbocycles. The molecule has 1 radical (unpaired) electrons. The molecule has 0 fully saturated rings. The Bertz CT molecular complexity index is 107. The van der Waals surface area contributed by atoms with E-state index in [2.05, 4.69) is 4.74 Å². The van der Waals surface area contributed by atoms with Crippen molar-refractivity contribution in [2.45, 2.75) is 6.42 Å². The maximum absolute atomic E-state index is 9.98. The first-order chi connectivity index (χ1) is 3.66. The van der Waals surface area contributed by atoms with E-state index in [1.807, 2.05) is 0 Å². The molecular weight excluding hydrogens is 112 g/mol. The first-order valence-electron chi connectivity index (χ1n) is 1.93. The van der Waals surface area contributed by atoms with Crippen LogP contribution in [-0.4, -0.2) is 19.0 Å². The van der Waals surface area contributed by atoms with Crippen LogP contribution in [0.1, 0.15) is 6.42 Å². The van der Waals surface area contributed by atoms with Gasteiger partial charge in [0.05, 0.1) is 7.11 Å². The third-order valence-corrected chi connectivity index (χ3v) is 0.516. The monoisotopic (exact) mass is 117 g/mol. The summed E-state index contributed by atoms with van der Waals surface area (Å²) in [7, 11) is 1.12. The number of carbonyl (C=O) groups is 2. The number of esters is 1. The maximum atomic E-state index is 9.98. The predicted molar refractivity (Wildman–Crippen MR) is 22.3 cm³/mol. The number of carbonyl (C=O) groups excluding carboxylic acids is 2. The zero-order chi connectivity index (χ0) is 6.57. The molecule has 0 amide bonds. The topological polar surface area (TPSA) is 63.3 Å². The molecule has 4 nitrogen and oxygen atoms in total. The Morgan fingerprint density at radius 2 is 2.00 bits per heavy atom. The van der Waals surface area contributed by atoms with E-state index in [0.29, 0.717) is 0 Å². The number of rotatable bonds is 2. The highest BCUT2D eigenvalue weighted by atomic mass is 16.5. The number of ether oxygens (including phenoxy) is 1. The average molecular weight is 117 g/mol. The van der Waals surface area contributed by atoms with E-state index in [0.717, 1.165) is 7.11 Å². The number of hydrogen-bond donors (Lipinski definition) is 0. The van der Waals surface area contributed by atoms with Gasteiger partial charge in [-0.15, -0.1) is 0 Å². The van der Waals surface area contributed by atoms with Crippen LogP contribution in [0.5, 0.6) is 0 Å². The van der Waals surface area contributed by atoms with E-state index in [1.54, 1.807) is 0 Å². The minimum absolute atomic E-state index is 0.670. The fourth-order valence-electron chi connectivity index (χ4n) is 0.190. The van der Waals surface area contributed by atoms with Crippen molar-refractivity contribution >= 4 is 11.9 Å². The summed E-state index contributed by atoms with van der Waals surface area (Å²) in [5.41, 5.74) is 0. The van der Waals surface area contributed by atoms with Crippen LogP contribution in [-0.2, 0) is 19.4 Å². The van der Waals surface area contributed by atoms with Crippen LogP contribution in [0.3, 0.4) is 0 Å². The largest absolute Gasteiger partial charge is 0.469 e. The summed E-state index contributed by atoms with van der Waals surface area (Å²) in [6, 6.07) is 0. The Hall–Kier alpha value is -1.06. The van der Waals surface area contributed by atoms with Crippen LogP contribution >= 0.6 is 0 Å². The van der Waals surface area contributed by atoms with Crippen LogP contribution in [0.4, 0.5) is 0 Å². The molecule has 0 unspecified atom stereocenters. The van der Waals surface area contributed by atoms with Gasteiger partial charge < -0.3 is 4.74 Å². The lowest BCUT2D eigenvalue weighted by Crippen LogP contribution is -2.06. The highest BCUT2D eigenvalue weighted by Gasteiger charge is 2.07. The van der Waals surface area contributed by atoms with Gasteiger partial charge in [0.2, 0.25) is 0 Å². The van der Waals surface area contributed by atoms with Crippen molar-refractivity contribution in [3.8, 4) is 0 Å². The molecule has 0 heterocycles. The van der Waals surface area contributed by atoms with Gasteiger partial charge in [-0.05, 0) is 0 Å². The molecule has 0 aromatic rings. The maximum Gasteiger partial charge on any atom is 0.366 e. The van der Waals surface area contributed by atoms with E-state index in [1.165, 1.54) is 0 Å². The molecule has 0 bridgehead atoms. The van der Waals surface area contributed by atoms with Gasteiger partial charge in [0.25, 0.3) is 0 Å². The molecule has 0 saturated heterocycles. The minimum atomic E-state index is -1.42. The van der Waals surface area contributed by atoms with Gasteiger partial charge in [-0.2, -0.15) is 0 Å². The molecule has 0 spiro atoms. The van der Waals surface area contributed by atoms with Crippen molar-refractivity contribution in [3.05, 3.63) is 0 Å². The van der Waals surface area contributed by atoms with Gasteiger partial charge >= 0.3 is 11.9 Å². The lowest BCUT2D eigenvalue weighted by Gasteiger charge is -1.88. The SMILES string of the molecule is COC(=O)CC([O])=O. The second-order valence-electron chi connectivity index (χ2n) is 1.12. The van der Waals surface area contributed by atoms with E-state index < -0.39 is 18.4 Å². The van der Waals surface area contributed by atoms with Crippen molar-refractivity contribution in [1.29, 1.82) is 0 Å². The fourth-order valence-corrected chi connectivity index (χ4v) is 0.190. The third kappa shape index (κ3) is 3.14. The molecule has 4 heteroatoms. The van der Waals surface area contributed by atoms with E-state index >= 15 is 0 Å². The normalized spacial score (nSPS) is 8.12. The van der Waals surface area contributed by atoms with Crippen LogP contribution in [0, 0.1) is 0 Å². The van der Waals surface area contributed by atoms with Gasteiger partial charge in [-0.1, -0.05) is 0 Å². The second-order valence-corrected chi connectivity index (χ2v) is 1.12. The van der Waals surface area contributed by atoms with Gasteiger partial charge in [-0.3, -0.25) is 4.79 Å². The smallest absolute Gasteiger partial charge is 0.366 e. The van der Waals surface area contributed by atoms with Crippen LogP contribution in [0.2, 0.25) is 0 Å². The van der Waals surface area contributed by atoms with Gasteiger partial charge in [0.1, 0.15) is 6.42 Å². The Balaban J connectivity index is 3.40. The van der Waals surface area contributed by atoms with Crippen molar-refractivity contribution in [2.24, 2.45) is 0 Å². The molecule has 0 saturated carbocycles. The molecule has 0 aliphatic heterocycles. The fraction of sp³-hybridized carbons (Fsp3) is 0.500. The number of hydrogen-bond acceptors (Lipinski definition) is 3. The quantitative estimate of drug-likeness (QED) is 0.362. The van der Waals surface area contributed by atoms with Crippen molar-refractivity contribution in [2.75, 3.05) is 7.11 Å². The van der Waals surface area contributed by atoms with Crippen molar-refractivity contribution in [3.63, 3.8) is 0 Å². The van der Waals surface area contributed by atoms with Crippen LogP contribution in [0.15, 0.2) is 0 Å². The van der Waals surface area contributed by atoms with Crippen LogP contribution in [0.25, 0.3) is 0 Å². The van der Waals surface area contributed by atoms with Crippen molar-refractivity contribution < 1.29 is 19.4 Å². The van der Waals surface area contributed by atoms with E-state index in [4.69, 9.17) is 0 Å². The molecule has 0 aliphatic carbocycles. The van der Waals surface area contributed by atoms with E-state index in [9.17, 15) is 14.7 Å². The standard InChI is InChI=1S/C4H5O4/c1-8-4(7)2-3(5)6/h2H2,1H3. The molecular formula is C4H5O4. The molecule has 0 N–H and O–H groups in total. The summed E-state index contributed by atoms with van der Waals surface area (Å²) >= 11 is 0. The Labute approximate surface area is 46.1 Å². The molecule has 45 valence electrons. The summed E-state index contributed by atoms with van der Waals surface area (Å²) in [5, 5.41) is 9.56. The summed E-state index contributed by atoms with van der Waals surface area (Å²) in [5.74, 6) is -2.21. The Morgan fingerprint density at radius 3 is 2.12 bits per heavy atom. The molecule has 0 rings (SSSR count). The van der Waals surface area contributed by atoms with Gasteiger partial charge in [0.15, 0.2) is 0 Å². The lowest BCUT2D eigenvalue weighted by atomic mass is 10.4. The van der Waals surface area contributed by atoms with Crippen molar-refractivity contribution in [1.82, 2.24) is 0 Å². The third-order valence-electron chi connectivity index (χ3n) is 0.516. The highest BCUT2D eigenvalue weighted by molar-refractivity contribution is 5.89. The first kappa shape index (κ1) is 6.94. The number of methoxy groups -OCH3 is 1. The van der Waals surface area contributed by atoms with Crippen LogP contribution < -0.4 is 0 Å². The summed E-state index contributed by atoms with van der Waals surface area (Å²) in [4.78, 5) is 19.5. The highest BCUT2D eigenvalue weighted by Crippen LogP contribution is 1.81. The molecule has 0 atom stereocenters.